The van der Waals surface area contributed by atoms with Crippen LogP contribution in [0, 0.1) is 0 Å². The number of nitrogens with zero attached hydrogens (tertiary/aromatic N) is 4. The number of benzene rings is 2. The van der Waals surface area contributed by atoms with Gasteiger partial charge in [-0.1, -0.05) is 42.5 Å². The van der Waals surface area contributed by atoms with Crippen molar-refractivity contribution in [1.29, 1.82) is 0 Å². The van der Waals surface area contributed by atoms with Crippen LogP contribution in [0.3, 0.4) is 0 Å². The van der Waals surface area contributed by atoms with Gasteiger partial charge in [-0.3, -0.25) is 4.79 Å². The Bertz CT molecular complexity index is 1260. The van der Waals surface area contributed by atoms with Crippen molar-refractivity contribution >= 4 is 17.7 Å². The van der Waals surface area contributed by atoms with Crippen LogP contribution < -0.4 is 5.32 Å². The van der Waals surface area contributed by atoms with Crippen molar-refractivity contribution in [3.8, 4) is 11.4 Å². The van der Waals surface area contributed by atoms with E-state index in [1.165, 1.54) is 29.2 Å². The minimum atomic E-state index is -4.49. The Balaban J connectivity index is 1.68. The lowest BCUT2D eigenvalue weighted by atomic mass is 10.0. The maximum absolute atomic E-state index is 13.3. The first-order chi connectivity index (χ1) is 15.8. The van der Waals surface area contributed by atoms with Crippen LogP contribution in [0.15, 0.2) is 77.4 Å². The summed E-state index contributed by atoms with van der Waals surface area (Å²) >= 11 is 0. The molecule has 7 nitrogen and oxygen atoms in total. The lowest BCUT2D eigenvalue weighted by molar-refractivity contribution is -0.137. The van der Waals surface area contributed by atoms with Crippen LogP contribution in [0.2, 0.25) is 0 Å². The highest BCUT2D eigenvalue weighted by Crippen LogP contribution is 2.31. The van der Waals surface area contributed by atoms with Crippen LogP contribution in [0.5, 0.6) is 0 Å². The number of hydrogen-bond donors (Lipinski definition) is 1. The Morgan fingerprint density at radius 2 is 1.88 bits per heavy atom. The first kappa shape index (κ1) is 22.0. The van der Waals surface area contributed by atoms with E-state index in [1.54, 1.807) is 43.3 Å². The van der Waals surface area contributed by atoms with Crippen LogP contribution in [0.4, 0.5) is 13.2 Å². The normalized spacial score (nSPS) is 13.0. The third kappa shape index (κ3) is 5.00. The standard InChI is InChI=1S/C23H18F3N5O2/c1-15(17-9-5-10-18(13-17)23(24,25)26)27-22(32)20(14-19-11-6-12-33-19)31-21(28-29-30-31)16-7-3-2-4-8-16/h2-15H,1H3,(H,27,32)/b20-14-. The van der Waals surface area contributed by atoms with Gasteiger partial charge in [-0.15, -0.1) is 5.10 Å². The number of aromatic nitrogens is 4. The van der Waals surface area contributed by atoms with Gasteiger partial charge in [0.2, 0.25) is 0 Å². The van der Waals surface area contributed by atoms with Crippen molar-refractivity contribution in [3.63, 3.8) is 0 Å². The first-order valence-electron chi connectivity index (χ1n) is 9.90. The van der Waals surface area contributed by atoms with Crippen LogP contribution in [-0.2, 0) is 11.0 Å². The molecule has 0 aliphatic carbocycles. The highest BCUT2D eigenvalue weighted by atomic mass is 19.4. The highest BCUT2D eigenvalue weighted by molar-refractivity contribution is 6.18. The van der Waals surface area contributed by atoms with E-state index in [9.17, 15) is 18.0 Å². The summed E-state index contributed by atoms with van der Waals surface area (Å²) in [4.78, 5) is 13.3. The summed E-state index contributed by atoms with van der Waals surface area (Å²) in [6.45, 7) is 1.59. The minimum Gasteiger partial charge on any atom is -0.465 e. The van der Waals surface area contributed by atoms with Gasteiger partial charge in [0.25, 0.3) is 5.91 Å². The molecule has 1 N–H and O–H groups in total. The van der Waals surface area contributed by atoms with E-state index in [0.717, 1.165) is 12.1 Å². The van der Waals surface area contributed by atoms with Gasteiger partial charge in [0.15, 0.2) is 5.82 Å². The molecule has 0 saturated carbocycles. The van der Waals surface area contributed by atoms with E-state index in [-0.39, 0.29) is 5.70 Å². The monoisotopic (exact) mass is 453 g/mol. The molecule has 2 aromatic carbocycles. The molecule has 1 amide bonds. The summed E-state index contributed by atoms with van der Waals surface area (Å²) in [6, 6.07) is 16.4. The average molecular weight is 453 g/mol. The summed E-state index contributed by atoms with van der Waals surface area (Å²) in [5.41, 5.74) is 0.217. The van der Waals surface area contributed by atoms with E-state index in [0.29, 0.717) is 22.7 Å². The van der Waals surface area contributed by atoms with Gasteiger partial charge >= 0.3 is 6.18 Å². The number of furan rings is 1. The van der Waals surface area contributed by atoms with E-state index in [2.05, 4.69) is 20.8 Å². The molecule has 10 heteroatoms. The van der Waals surface area contributed by atoms with Gasteiger partial charge in [0.05, 0.1) is 17.9 Å². The van der Waals surface area contributed by atoms with E-state index in [4.69, 9.17) is 4.42 Å². The summed E-state index contributed by atoms with van der Waals surface area (Å²) < 4.78 is 45.9. The largest absolute Gasteiger partial charge is 0.465 e. The second-order valence-electron chi connectivity index (χ2n) is 7.14. The summed E-state index contributed by atoms with van der Waals surface area (Å²) in [5, 5.41) is 14.4. The molecule has 4 aromatic rings. The molecule has 0 radical (unpaired) electrons. The topological polar surface area (TPSA) is 85.8 Å². The fraction of sp³-hybridized carbons (Fsp3) is 0.130. The number of nitrogens with one attached hydrogen (secondary N) is 1. The van der Waals surface area contributed by atoms with Crippen LogP contribution in [-0.4, -0.2) is 26.1 Å². The quantitative estimate of drug-likeness (QED) is 0.423. The molecule has 0 spiro atoms. The number of amides is 1. The first-order valence-corrected chi connectivity index (χ1v) is 9.90. The zero-order valence-electron chi connectivity index (χ0n) is 17.3. The molecule has 4 rings (SSSR count). The number of rotatable bonds is 6. The molecule has 0 aliphatic heterocycles. The molecular formula is C23H18F3N5O2. The molecule has 168 valence electrons. The molecule has 1 unspecified atom stereocenters. The van der Waals surface area contributed by atoms with E-state index in [1.807, 2.05) is 6.07 Å². The zero-order chi connectivity index (χ0) is 23.4. The molecule has 0 fully saturated rings. The predicted molar refractivity (Wildman–Crippen MR) is 114 cm³/mol. The number of carbonyl (C=O) groups is 1. The van der Waals surface area contributed by atoms with Crippen molar-refractivity contribution < 1.29 is 22.4 Å². The van der Waals surface area contributed by atoms with Gasteiger partial charge in [0, 0.05) is 11.6 Å². The van der Waals surface area contributed by atoms with E-state index < -0.39 is 23.7 Å². The zero-order valence-corrected chi connectivity index (χ0v) is 17.3. The lowest BCUT2D eigenvalue weighted by Crippen LogP contribution is -2.30. The lowest BCUT2D eigenvalue weighted by Gasteiger charge is -2.17. The van der Waals surface area contributed by atoms with Crippen LogP contribution >= 0.6 is 0 Å². The minimum absolute atomic E-state index is 0.0348. The fourth-order valence-corrected chi connectivity index (χ4v) is 3.19. The Morgan fingerprint density at radius 1 is 1.09 bits per heavy atom. The van der Waals surface area contributed by atoms with E-state index >= 15 is 0 Å². The number of tetrazole rings is 1. The number of hydrogen-bond acceptors (Lipinski definition) is 5. The third-order valence-corrected chi connectivity index (χ3v) is 4.85. The van der Waals surface area contributed by atoms with Gasteiger partial charge < -0.3 is 9.73 Å². The molecule has 1 atom stereocenters. The van der Waals surface area contributed by atoms with Gasteiger partial charge in [-0.05, 0) is 47.2 Å². The fourth-order valence-electron chi connectivity index (χ4n) is 3.19. The van der Waals surface area contributed by atoms with Crippen LogP contribution in [0.1, 0.15) is 29.9 Å². The summed E-state index contributed by atoms with van der Waals surface area (Å²) in [7, 11) is 0. The van der Waals surface area contributed by atoms with Crippen LogP contribution in [0.25, 0.3) is 23.2 Å². The van der Waals surface area contributed by atoms with Gasteiger partial charge in [0.1, 0.15) is 11.5 Å². The second kappa shape index (κ2) is 9.11. The molecule has 0 bridgehead atoms. The molecule has 0 aliphatic rings. The maximum atomic E-state index is 13.3. The van der Waals surface area contributed by atoms with Gasteiger partial charge in [-0.2, -0.15) is 17.9 Å². The third-order valence-electron chi connectivity index (χ3n) is 4.85. The maximum Gasteiger partial charge on any atom is 0.416 e. The Hall–Kier alpha value is -4.21. The number of halogens is 3. The van der Waals surface area contributed by atoms with Crippen molar-refractivity contribution in [2.45, 2.75) is 19.1 Å². The summed E-state index contributed by atoms with van der Waals surface area (Å²) in [6.07, 6.45) is -1.58. The second-order valence-corrected chi connectivity index (χ2v) is 7.14. The van der Waals surface area contributed by atoms with Crippen molar-refractivity contribution in [2.24, 2.45) is 0 Å². The smallest absolute Gasteiger partial charge is 0.416 e. The molecule has 33 heavy (non-hydrogen) atoms. The van der Waals surface area contributed by atoms with Gasteiger partial charge in [-0.25, -0.2) is 0 Å². The predicted octanol–water partition coefficient (Wildman–Crippen LogP) is 4.83. The van der Waals surface area contributed by atoms with Crippen molar-refractivity contribution in [3.05, 3.63) is 89.9 Å². The summed E-state index contributed by atoms with van der Waals surface area (Å²) in [5.74, 6) is 0.0949. The Morgan fingerprint density at radius 3 is 2.58 bits per heavy atom. The highest BCUT2D eigenvalue weighted by Gasteiger charge is 2.31. The molecule has 2 aromatic heterocycles. The molecular weight excluding hydrogens is 435 g/mol. The number of alkyl halides is 3. The Kier molecular flexibility index (Phi) is 6.07. The van der Waals surface area contributed by atoms with Crippen molar-refractivity contribution in [2.75, 3.05) is 0 Å². The van der Waals surface area contributed by atoms with Crippen molar-refractivity contribution in [1.82, 2.24) is 25.5 Å². The number of carbonyl (C=O) groups excluding carboxylic acids is 1. The SMILES string of the molecule is CC(NC(=O)/C(=C/c1ccco1)n1nnnc1-c1ccccc1)c1cccc(C(F)(F)F)c1. The molecule has 0 saturated heterocycles. The molecule has 2 heterocycles. The average Bonchev–Trinajstić information content (AvgIpc) is 3.49. The Labute approximate surface area is 186 Å².